The topological polar surface area (TPSA) is 86.8 Å². The fourth-order valence-corrected chi connectivity index (χ4v) is 6.46. The van der Waals surface area contributed by atoms with E-state index in [0.29, 0.717) is 0 Å². The Morgan fingerprint density at radius 1 is 0.929 bits per heavy atom. The van der Waals surface area contributed by atoms with E-state index in [1.807, 2.05) is 61.5 Å². The highest BCUT2D eigenvalue weighted by Gasteiger charge is 2.34. The molecule has 0 saturated heterocycles. The van der Waals surface area contributed by atoms with E-state index in [1.54, 1.807) is 0 Å². The molecule has 10 heteroatoms. The molecule has 0 aromatic heterocycles. The van der Waals surface area contributed by atoms with Crippen molar-refractivity contribution in [1.82, 2.24) is 10.2 Å². The van der Waals surface area contributed by atoms with Gasteiger partial charge in [0.25, 0.3) is 0 Å². The largest absolute Gasteiger partial charge is 0.352 e. The van der Waals surface area contributed by atoms with Gasteiger partial charge < -0.3 is 10.2 Å². The molecule has 1 fully saturated rings. The van der Waals surface area contributed by atoms with Gasteiger partial charge in [0, 0.05) is 19.0 Å². The molecule has 0 bridgehead atoms. The second kappa shape index (κ2) is 14.4. The van der Waals surface area contributed by atoms with Crippen molar-refractivity contribution in [3.05, 3.63) is 99.5 Å². The number of halogens is 2. The van der Waals surface area contributed by atoms with E-state index in [9.17, 15) is 18.0 Å². The van der Waals surface area contributed by atoms with Crippen LogP contribution < -0.4 is 9.62 Å². The minimum absolute atomic E-state index is 0.0451. The van der Waals surface area contributed by atoms with Crippen LogP contribution in [0, 0.1) is 6.92 Å². The minimum Gasteiger partial charge on any atom is -0.352 e. The van der Waals surface area contributed by atoms with Crippen molar-refractivity contribution < 1.29 is 18.0 Å². The molecule has 3 aromatic rings. The van der Waals surface area contributed by atoms with Gasteiger partial charge in [-0.3, -0.25) is 13.9 Å². The smallest absolute Gasteiger partial charge is 0.244 e. The number of amides is 2. The van der Waals surface area contributed by atoms with Crippen LogP contribution in [-0.4, -0.2) is 50.0 Å². The van der Waals surface area contributed by atoms with Crippen molar-refractivity contribution >= 4 is 50.7 Å². The first-order valence-electron chi connectivity index (χ1n) is 14.1. The standard InChI is InChI=1S/C32H37Cl2N3O4S/c1-23-11-9-10-14-25(23)21-36(31(38)22-37(42(2,40)41)27-17-18-28(33)29(34)20-27)30(19-24-12-5-3-6-13-24)32(39)35-26-15-7-4-8-16-26/h3,5-6,9-14,17-18,20,26,30H,4,7-8,15-16,19,21-22H2,1-2H3,(H,35,39). The summed E-state index contributed by atoms with van der Waals surface area (Å²) in [5.41, 5.74) is 2.94. The van der Waals surface area contributed by atoms with Crippen LogP contribution in [0.2, 0.25) is 10.0 Å². The molecule has 1 saturated carbocycles. The molecular weight excluding hydrogens is 593 g/mol. The Labute approximate surface area is 258 Å². The van der Waals surface area contributed by atoms with Crippen molar-refractivity contribution in [3.8, 4) is 0 Å². The van der Waals surface area contributed by atoms with Gasteiger partial charge in [-0.25, -0.2) is 8.42 Å². The third kappa shape index (κ3) is 8.49. The van der Waals surface area contributed by atoms with Crippen molar-refractivity contribution in [2.75, 3.05) is 17.1 Å². The molecule has 1 N–H and O–H groups in total. The van der Waals surface area contributed by atoms with Crippen LogP contribution in [0.4, 0.5) is 5.69 Å². The van der Waals surface area contributed by atoms with E-state index in [1.165, 1.54) is 23.1 Å². The molecule has 7 nitrogen and oxygen atoms in total. The maximum absolute atomic E-state index is 14.3. The molecule has 1 atom stereocenters. The summed E-state index contributed by atoms with van der Waals surface area (Å²) in [6, 6.07) is 20.8. The summed E-state index contributed by atoms with van der Waals surface area (Å²) in [7, 11) is -3.90. The van der Waals surface area contributed by atoms with Crippen LogP contribution in [0.15, 0.2) is 72.8 Å². The molecule has 42 heavy (non-hydrogen) atoms. The Kier molecular flexibility index (Phi) is 10.9. The number of carbonyl (C=O) groups is 2. The number of rotatable bonds is 11. The first-order valence-corrected chi connectivity index (χ1v) is 16.7. The average molecular weight is 631 g/mol. The number of aryl methyl sites for hydroxylation is 1. The van der Waals surface area contributed by atoms with E-state index in [0.717, 1.165) is 59.4 Å². The Morgan fingerprint density at radius 3 is 2.24 bits per heavy atom. The molecule has 1 unspecified atom stereocenters. The predicted octanol–water partition coefficient (Wildman–Crippen LogP) is 6.16. The average Bonchev–Trinajstić information content (AvgIpc) is 2.96. The molecule has 224 valence electrons. The fourth-order valence-electron chi connectivity index (χ4n) is 5.32. The first-order chi connectivity index (χ1) is 20.0. The summed E-state index contributed by atoms with van der Waals surface area (Å²) in [6.45, 7) is 1.58. The van der Waals surface area contributed by atoms with Crippen LogP contribution in [0.1, 0.15) is 48.8 Å². The quantitative estimate of drug-likeness (QED) is 0.275. The lowest BCUT2D eigenvalue weighted by Gasteiger charge is -2.35. The molecule has 1 aliphatic rings. The number of benzene rings is 3. The van der Waals surface area contributed by atoms with Gasteiger partial charge in [-0.2, -0.15) is 0 Å². The van der Waals surface area contributed by atoms with Crippen molar-refractivity contribution in [1.29, 1.82) is 0 Å². The summed E-state index contributed by atoms with van der Waals surface area (Å²) in [5, 5.41) is 3.64. The highest BCUT2D eigenvalue weighted by molar-refractivity contribution is 7.92. The van der Waals surface area contributed by atoms with Gasteiger partial charge in [0.1, 0.15) is 12.6 Å². The third-order valence-corrected chi connectivity index (χ3v) is 9.57. The SMILES string of the molecule is Cc1ccccc1CN(C(=O)CN(c1ccc(Cl)c(Cl)c1)S(C)(=O)=O)C(Cc1ccccc1)C(=O)NC1CCCCC1. The Morgan fingerprint density at radius 2 is 1.60 bits per heavy atom. The monoisotopic (exact) mass is 629 g/mol. The number of hydrogen-bond donors (Lipinski definition) is 1. The lowest BCUT2D eigenvalue weighted by Crippen LogP contribution is -2.55. The van der Waals surface area contributed by atoms with E-state index in [-0.39, 0.29) is 40.6 Å². The van der Waals surface area contributed by atoms with Crippen LogP contribution in [0.3, 0.4) is 0 Å². The van der Waals surface area contributed by atoms with Gasteiger partial charge in [0.05, 0.1) is 22.0 Å². The molecule has 2 amide bonds. The van der Waals surface area contributed by atoms with Gasteiger partial charge in [-0.05, 0) is 54.7 Å². The second-order valence-electron chi connectivity index (χ2n) is 10.9. The van der Waals surface area contributed by atoms with E-state index < -0.39 is 28.5 Å². The zero-order valence-corrected chi connectivity index (χ0v) is 26.3. The third-order valence-electron chi connectivity index (χ3n) is 7.69. The Balaban J connectivity index is 1.74. The maximum Gasteiger partial charge on any atom is 0.244 e. The van der Waals surface area contributed by atoms with E-state index in [2.05, 4.69) is 5.32 Å². The lowest BCUT2D eigenvalue weighted by atomic mass is 9.94. The number of anilines is 1. The van der Waals surface area contributed by atoms with Crippen molar-refractivity contribution in [2.24, 2.45) is 0 Å². The van der Waals surface area contributed by atoms with Crippen LogP contribution in [0.5, 0.6) is 0 Å². The molecule has 3 aromatic carbocycles. The van der Waals surface area contributed by atoms with Crippen LogP contribution in [-0.2, 0) is 32.6 Å². The first kappa shape index (κ1) is 31.9. The van der Waals surface area contributed by atoms with Gasteiger partial charge >= 0.3 is 0 Å². The summed E-state index contributed by atoms with van der Waals surface area (Å²) in [5.74, 6) is -0.748. The maximum atomic E-state index is 14.3. The Hall–Kier alpha value is -3.07. The molecule has 0 aliphatic heterocycles. The highest BCUT2D eigenvalue weighted by atomic mass is 35.5. The number of hydrogen-bond acceptors (Lipinski definition) is 4. The van der Waals surface area contributed by atoms with Gasteiger partial charge in [0.2, 0.25) is 21.8 Å². The van der Waals surface area contributed by atoms with Gasteiger partial charge in [-0.15, -0.1) is 0 Å². The van der Waals surface area contributed by atoms with E-state index >= 15 is 0 Å². The minimum atomic E-state index is -3.90. The summed E-state index contributed by atoms with van der Waals surface area (Å²) in [4.78, 5) is 29.8. The zero-order valence-electron chi connectivity index (χ0n) is 23.9. The number of nitrogens with one attached hydrogen (secondary N) is 1. The molecule has 4 rings (SSSR count). The predicted molar refractivity (Wildman–Crippen MR) is 169 cm³/mol. The zero-order chi connectivity index (χ0) is 30.3. The van der Waals surface area contributed by atoms with Gasteiger partial charge in [-0.1, -0.05) is 97.1 Å². The molecule has 0 heterocycles. The van der Waals surface area contributed by atoms with Crippen LogP contribution in [0.25, 0.3) is 0 Å². The Bertz CT molecular complexity index is 1490. The summed E-state index contributed by atoms with van der Waals surface area (Å²) >= 11 is 12.3. The molecule has 1 aliphatic carbocycles. The highest BCUT2D eigenvalue weighted by Crippen LogP contribution is 2.29. The fraction of sp³-hybridized carbons (Fsp3) is 0.375. The van der Waals surface area contributed by atoms with Gasteiger partial charge in [0.15, 0.2) is 0 Å². The molecule has 0 spiro atoms. The summed E-state index contributed by atoms with van der Waals surface area (Å²) in [6.07, 6.45) is 6.35. The number of sulfonamides is 1. The second-order valence-corrected chi connectivity index (χ2v) is 13.6. The normalized spacial score (nSPS) is 14.7. The van der Waals surface area contributed by atoms with Crippen molar-refractivity contribution in [2.45, 2.75) is 64.1 Å². The lowest BCUT2D eigenvalue weighted by molar-refractivity contribution is -0.140. The molecular formula is C32H37Cl2N3O4S. The number of carbonyl (C=O) groups excluding carboxylic acids is 2. The summed E-state index contributed by atoms with van der Waals surface area (Å²) < 4.78 is 26.9. The number of nitrogens with zero attached hydrogens (tertiary/aromatic N) is 2. The van der Waals surface area contributed by atoms with Crippen molar-refractivity contribution in [3.63, 3.8) is 0 Å². The van der Waals surface area contributed by atoms with E-state index in [4.69, 9.17) is 23.2 Å². The molecule has 0 radical (unpaired) electrons. The van der Waals surface area contributed by atoms with Crippen LogP contribution >= 0.6 is 23.2 Å².